The van der Waals surface area contributed by atoms with Gasteiger partial charge in [-0.05, 0) is 63.1 Å². The third-order valence-corrected chi connectivity index (χ3v) is 10.8. The van der Waals surface area contributed by atoms with Gasteiger partial charge in [0.05, 0.1) is 17.5 Å². The lowest BCUT2D eigenvalue weighted by Crippen LogP contribution is -2.51. The summed E-state index contributed by atoms with van der Waals surface area (Å²) >= 11 is 6.60. The van der Waals surface area contributed by atoms with Gasteiger partial charge in [-0.3, -0.25) is 9.88 Å². The number of aromatic nitrogens is 3. The molecule has 5 aliphatic heterocycles. The van der Waals surface area contributed by atoms with Crippen molar-refractivity contribution in [1.29, 1.82) is 0 Å². The fourth-order valence-corrected chi connectivity index (χ4v) is 8.39. The molecule has 1 N–H and O–H groups in total. The molecular weight excluding hydrogens is 645 g/mol. The minimum atomic E-state index is -0.474. The summed E-state index contributed by atoms with van der Waals surface area (Å²) in [5, 5.41) is 6.58. The molecule has 2 unspecified atom stereocenters. The van der Waals surface area contributed by atoms with Crippen molar-refractivity contribution in [3.8, 4) is 17.3 Å². The molecule has 5 fully saturated rings. The Balaban J connectivity index is 0.000000372. The summed E-state index contributed by atoms with van der Waals surface area (Å²) in [7, 11) is 1.72. The molecule has 260 valence electrons. The number of anilines is 1. The van der Waals surface area contributed by atoms with Gasteiger partial charge < -0.3 is 24.6 Å². The van der Waals surface area contributed by atoms with Gasteiger partial charge in [0.25, 0.3) is 0 Å². The molecule has 5 saturated heterocycles. The van der Waals surface area contributed by atoms with Crippen molar-refractivity contribution in [2.24, 2.45) is 0 Å². The summed E-state index contributed by atoms with van der Waals surface area (Å²) in [5.74, 6) is 0.234. The van der Waals surface area contributed by atoms with E-state index in [-0.39, 0.29) is 28.9 Å². The predicted octanol–water partition coefficient (Wildman–Crippen LogP) is 6.68. The maximum Gasteiger partial charge on any atom is 0.409 e. The number of likely N-dealkylation sites (N-methyl/N-ethyl adjacent to an activating group) is 1. The molecule has 1 amide bonds. The van der Waals surface area contributed by atoms with Crippen LogP contribution in [0.25, 0.3) is 32.9 Å². The minimum absolute atomic E-state index is 0.0499. The quantitative estimate of drug-likeness (QED) is 0.246. The van der Waals surface area contributed by atoms with E-state index in [1.165, 1.54) is 12.8 Å². The van der Waals surface area contributed by atoms with Crippen LogP contribution in [0.15, 0.2) is 42.6 Å². The van der Waals surface area contributed by atoms with Crippen LogP contribution in [-0.2, 0) is 4.74 Å². The fourth-order valence-electron chi connectivity index (χ4n) is 8.11. The number of rotatable bonds is 5. The van der Waals surface area contributed by atoms with Gasteiger partial charge in [0.2, 0.25) is 0 Å². The molecule has 0 saturated carbocycles. The van der Waals surface area contributed by atoms with Crippen LogP contribution >= 0.6 is 11.6 Å². The summed E-state index contributed by atoms with van der Waals surface area (Å²) in [4.78, 5) is 30.9. The van der Waals surface area contributed by atoms with Crippen molar-refractivity contribution in [2.45, 2.75) is 70.0 Å². The molecule has 0 radical (unpaired) electrons. The van der Waals surface area contributed by atoms with Gasteiger partial charge in [-0.25, -0.2) is 9.18 Å². The molecule has 2 aromatic carbocycles. The first-order valence-corrected chi connectivity index (χ1v) is 18.1. The molecular formula is C37H45ClFN7O3. The number of pyridine rings is 1. The molecule has 12 heteroatoms. The number of amides is 1. The van der Waals surface area contributed by atoms with Crippen LogP contribution in [0.1, 0.15) is 52.4 Å². The summed E-state index contributed by atoms with van der Waals surface area (Å²) in [6.45, 7) is 9.70. The zero-order valence-electron chi connectivity index (χ0n) is 28.6. The Morgan fingerprint density at radius 2 is 1.76 bits per heavy atom. The van der Waals surface area contributed by atoms with E-state index in [2.05, 4.69) is 24.8 Å². The van der Waals surface area contributed by atoms with Crippen molar-refractivity contribution in [3.63, 3.8) is 0 Å². The number of carbonyl (C=O) groups excluding carboxylic acids is 1. The van der Waals surface area contributed by atoms with E-state index in [0.29, 0.717) is 47.1 Å². The molecule has 2 atom stereocenters. The lowest BCUT2D eigenvalue weighted by Gasteiger charge is -2.34. The second-order valence-electron chi connectivity index (χ2n) is 13.4. The van der Waals surface area contributed by atoms with Crippen LogP contribution in [-0.4, -0.2) is 101 Å². The maximum absolute atomic E-state index is 16.6. The second kappa shape index (κ2) is 14.2. The second-order valence-corrected chi connectivity index (χ2v) is 13.8. The summed E-state index contributed by atoms with van der Waals surface area (Å²) in [6, 6.07) is 12.5. The molecule has 0 aliphatic carbocycles. The Kier molecular flexibility index (Phi) is 9.77. The third kappa shape index (κ3) is 6.48. The number of piperazine rings is 1. The molecule has 49 heavy (non-hydrogen) atoms. The molecule has 2 bridgehead atoms. The zero-order chi connectivity index (χ0) is 34.1. The largest absolute Gasteiger partial charge is 0.461 e. The topological polar surface area (TPSA) is 96.0 Å². The first kappa shape index (κ1) is 33.7. The normalized spacial score (nSPS) is 22.4. The number of fused-ring (bicyclic) bond motifs is 5. The van der Waals surface area contributed by atoms with Crippen LogP contribution in [0.5, 0.6) is 6.01 Å². The van der Waals surface area contributed by atoms with E-state index in [9.17, 15) is 4.79 Å². The van der Waals surface area contributed by atoms with Crippen LogP contribution in [0.2, 0.25) is 5.02 Å². The summed E-state index contributed by atoms with van der Waals surface area (Å²) < 4.78 is 27.5. The molecule has 5 aliphatic rings. The van der Waals surface area contributed by atoms with Gasteiger partial charge in [0.15, 0.2) is 5.82 Å². The fraction of sp³-hybridized carbons (Fsp3) is 0.514. The Bertz CT molecular complexity index is 1820. The number of hydrogen-bond acceptors (Lipinski definition) is 9. The Hall–Kier alpha value is -3.80. The van der Waals surface area contributed by atoms with Gasteiger partial charge in [-0.2, -0.15) is 9.97 Å². The number of cyclic esters (lactones) is 1. The molecule has 0 spiro atoms. The van der Waals surface area contributed by atoms with Crippen LogP contribution in [0.4, 0.5) is 15.0 Å². The minimum Gasteiger partial charge on any atom is -0.461 e. The molecule has 4 aromatic rings. The van der Waals surface area contributed by atoms with Crippen molar-refractivity contribution in [1.82, 2.24) is 30.1 Å². The average molecular weight is 690 g/mol. The van der Waals surface area contributed by atoms with Crippen LogP contribution in [0, 0.1) is 5.82 Å². The smallest absolute Gasteiger partial charge is 0.409 e. The van der Waals surface area contributed by atoms with Crippen molar-refractivity contribution in [2.75, 3.05) is 57.9 Å². The Labute approximate surface area is 291 Å². The average Bonchev–Trinajstić information content (AvgIpc) is 3.89. The first-order chi connectivity index (χ1) is 23.9. The highest BCUT2D eigenvalue weighted by molar-refractivity contribution is 6.36. The van der Waals surface area contributed by atoms with Crippen LogP contribution < -0.4 is 15.0 Å². The lowest BCUT2D eigenvalue weighted by molar-refractivity contribution is 0.108. The Morgan fingerprint density at radius 3 is 2.41 bits per heavy atom. The monoisotopic (exact) mass is 689 g/mol. The zero-order valence-corrected chi connectivity index (χ0v) is 29.3. The predicted molar refractivity (Wildman–Crippen MR) is 191 cm³/mol. The Morgan fingerprint density at radius 1 is 1.04 bits per heavy atom. The standard InChI is InChI=1S/C31H32ClFN6O.C4H7NO2.C2H6/c32-24-8-2-6-19-5-1-7-22(25(19)24)27-26(33)28-23(15-34-27)29(38-16-20-9-10-21(17-38)35-20)37-30(36-28)40-18-31-11-3-13-39(31)14-4-12-31;1-5-2-3-7-4(5)6;1-2/h1-2,5-8,15,20-21,35H,3-4,9-14,16-18H2;2-3H2,1H3;1-2H3. The van der Waals surface area contributed by atoms with E-state index in [0.717, 1.165) is 69.2 Å². The van der Waals surface area contributed by atoms with E-state index >= 15 is 4.39 Å². The summed E-state index contributed by atoms with van der Waals surface area (Å²) in [6.07, 6.45) is 8.43. The number of carbonyl (C=O) groups is 1. The third-order valence-electron chi connectivity index (χ3n) is 10.5. The van der Waals surface area contributed by atoms with Gasteiger partial charge >= 0.3 is 12.1 Å². The van der Waals surface area contributed by atoms with Crippen molar-refractivity contribution in [3.05, 3.63) is 53.4 Å². The number of benzene rings is 2. The SMILES string of the molecule is CC.CN1CCOC1=O.Fc1c(-c2cccc3cccc(Cl)c23)ncc2c(N3CC4CCC(C3)N4)nc(OCC34CCCN3CCC4)nc12. The number of ether oxygens (including phenoxy) is 2. The van der Waals surface area contributed by atoms with Crippen LogP contribution in [0.3, 0.4) is 0 Å². The van der Waals surface area contributed by atoms with Gasteiger partial charge in [0, 0.05) is 54.4 Å². The van der Waals surface area contributed by atoms with Crippen molar-refractivity contribution >= 4 is 45.2 Å². The molecule has 7 heterocycles. The first-order valence-electron chi connectivity index (χ1n) is 17.7. The van der Waals surface area contributed by atoms with Crippen molar-refractivity contribution < 1.29 is 18.7 Å². The van der Waals surface area contributed by atoms with E-state index in [4.69, 9.17) is 26.3 Å². The lowest BCUT2D eigenvalue weighted by atomic mass is 9.95. The van der Waals surface area contributed by atoms with Gasteiger partial charge in [-0.15, -0.1) is 0 Å². The highest BCUT2D eigenvalue weighted by Crippen LogP contribution is 2.41. The highest BCUT2D eigenvalue weighted by Gasteiger charge is 2.45. The summed E-state index contributed by atoms with van der Waals surface area (Å²) in [5.41, 5.74) is 1.18. The van der Waals surface area contributed by atoms with Gasteiger partial charge in [0.1, 0.15) is 30.2 Å². The van der Waals surface area contributed by atoms with Gasteiger partial charge in [-0.1, -0.05) is 55.8 Å². The number of nitrogens with one attached hydrogen (secondary N) is 1. The highest BCUT2D eigenvalue weighted by atomic mass is 35.5. The number of halogens is 2. The molecule has 10 nitrogen and oxygen atoms in total. The maximum atomic E-state index is 16.6. The number of hydrogen-bond donors (Lipinski definition) is 1. The van der Waals surface area contributed by atoms with E-state index < -0.39 is 5.82 Å². The molecule has 9 rings (SSSR count). The molecule has 2 aromatic heterocycles. The number of nitrogens with zero attached hydrogens (tertiary/aromatic N) is 6. The van der Waals surface area contributed by atoms with E-state index in [1.54, 1.807) is 18.1 Å². The van der Waals surface area contributed by atoms with E-state index in [1.807, 2.05) is 50.2 Å².